The molecule has 0 spiro atoms. The van der Waals surface area contributed by atoms with E-state index in [-0.39, 0.29) is 29.5 Å². The number of carboxylic acids is 1. The monoisotopic (exact) mass is 312 g/mol. The van der Waals surface area contributed by atoms with Gasteiger partial charge in [-0.2, -0.15) is 0 Å². The summed E-state index contributed by atoms with van der Waals surface area (Å²) < 4.78 is 13.6. The van der Waals surface area contributed by atoms with Gasteiger partial charge in [0, 0.05) is 25.3 Å². The van der Waals surface area contributed by atoms with Crippen molar-refractivity contribution in [2.75, 3.05) is 24.2 Å². The van der Waals surface area contributed by atoms with Crippen molar-refractivity contribution < 1.29 is 23.9 Å². The molecular formula is C13H13FN2O4S. The number of carboxylic acid groups (broad SMARTS) is 1. The standard InChI is InChI=1S/C13H13FN2O4S/c14-9-7-8(12(18)19)1-2-10(9)15-11(17)3-4-16-5-6-21-13(16)20/h1-2,7H,3-6H2,(H,15,17)(H,18,19). The zero-order valence-corrected chi connectivity index (χ0v) is 11.8. The van der Waals surface area contributed by atoms with Crippen LogP contribution >= 0.6 is 11.8 Å². The minimum Gasteiger partial charge on any atom is -0.478 e. The van der Waals surface area contributed by atoms with Crippen LogP contribution in [0.1, 0.15) is 16.8 Å². The van der Waals surface area contributed by atoms with E-state index < -0.39 is 17.7 Å². The van der Waals surface area contributed by atoms with Crippen LogP contribution in [0.25, 0.3) is 0 Å². The minimum absolute atomic E-state index is 0.0557. The number of benzene rings is 1. The Hall–Kier alpha value is -2.09. The van der Waals surface area contributed by atoms with Crippen LogP contribution in [0.5, 0.6) is 0 Å². The lowest BCUT2D eigenvalue weighted by molar-refractivity contribution is -0.116. The molecule has 2 rings (SSSR count). The molecule has 6 nitrogen and oxygen atoms in total. The molecule has 8 heteroatoms. The smallest absolute Gasteiger partial charge is 0.335 e. The Labute approximate surface area is 124 Å². The zero-order valence-electron chi connectivity index (χ0n) is 11.0. The molecule has 0 aromatic heterocycles. The number of halogens is 1. The topological polar surface area (TPSA) is 86.7 Å². The highest BCUT2D eigenvalue weighted by Gasteiger charge is 2.21. The fourth-order valence-corrected chi connectivity index (χ4v) is 2.68. The molecule has 1 fully saturated rings. The summed E-state index contributed by atoms with van der Waals surface area (Å²) in [7, 11) is 0. The Kier molecular flexibility index (Phi) is 4.79. The van der Waals surface area contributed by atoms with E-state index in [9.17, 15) is 18.8 Å². The van der Waals surface area contributed by atoms with Crippen LogP contribution in [0.3, 0.4) is 0 Å². The third kappa shape index (κ3) is 3.94. The van der Waals surface area contributed by atoms with Gasteiger partial charge in [-0.1, -0.05) is 11.8 Å². The van der Waals surface area contributed by atoms with Crippen molar-refractivity contribution >= 4 is 34.6 Å². The Morgan fingerprint density at radius 1 is 1.43 bits per heavy atom. The molecule has 0 radical (unpaired) electrons. The van der Waals surface area contributed by atoms with Crippen molar-refractivity contribution in [3.05, 3.63) is 29.6 Å². The average Bonchev–Trinajstić information content (AvgIpc) is 2.84. The number of amides is 2. The molecule has 0 aliphatic carbocycles. The van der Waals surface area contributed by atoms with Crippen molar-refractivity contribution in [2.45, 2.75) is 6.42 Å². The Balaban J connectivity index is 1.90. The maximum atomic E-state index is 13.6. The molecule has 1 aliphatic rings. The Morgan fingerprint density at radius 2 is 2.19 bits per heavy atom. The number of hydrogen-bond acceptors (Lipinski definition) is 4. The SMILES string of the molecule is O=C(CCN1CCSC1=O)Nc1ccc(C(=O)O)cc1F. The first-order valence-electron chi connectivity index (χ1n) is 6.22. The number of rotatable bonds is 5. The number of aromatic carboxylic acids is 1. The van der Waals surface area contributed by atoms with E-state index in [1.54, 1.807) is 4.90 Å². The lowest BCUT2D eigenvalue weighted by Crippen LogP contribution is -2.27. The van der Waals surface area contributed by atoms with Crippen molar-refractivity contribution in [2.24, 2.45) is 0 Å². The van der Waals surface area contributed by atoms with Gasteiger partial charge >= 0.3 is 5.97 Å². The van der Waals surface area contributed by atoms with Crippen LogP contribution in [0.4, 0.5) is 14.9 Å². The second-order valence-electron chi connectivity index (χ2n) is 4.40. The minimum atomic E-state index is -1.24. The molecule has 0 unspecified atom stereocenters. The van der Waals surface area contributed by atoms with Gasteiger partial charge in [0.05, 0.1) is 11.3 Å². The summed E-state index contributed by atoms with van der Waals surface area (Å²) in [6.07, 6.45) is 0.0619. The van der Waals surface area contributed by atoms with Gasteiger partial charge in [-0.25, -0.2) is 9.18 Å². The molecule has 1 aromatic carbocycles. The number of carbonyl (C=O) groups excluding carboxylic acids is 2. The largest absolute Gasteiger partial charge is 0.478 e. The van der Waals surface area contributed by atoms with Crippen molar-refractivity contribution in [1.29, 1.82) is 0 Å². The van der Waals surface area contributed by atoms with E-state index in [1.807, 2.05) is 0 Å². The molecule has 0 saturated carbocycles. The van der Waals surface area contributed by atoms with E-state index in [0.717, 1.165) is 6.07 Å². The molecule has 1 aliphatic heterocycles. The zero-order chi connectivity index (χ0) is 15.4. The second kappa shape index (κ2) is 6.57. The van der Waals surface area contributed by atoms with Crippen LogP contribution in [-0.2, 0) is 4.79 Å². The van der Waals surface area contributed by atoms with Crippen molar-refractivity contribution in [3.63, 3.8) is 0 Å². The lowest BCUT2D eigenvalue weighted by atomic mass is 10.2. The van der Waals surface area contributed by atoms with Gasteiger partial charge in [0.15, 0.2) is 0 Å². The molecule has 1 saturated heterocycles. The molecule has 1 aromatic rings. The normalized spacial score (nSPS) is 14.3. The first-order chi connectivity index (χ1) is 9.97. The summed E-state index contributed by atoms with van der Waals surface area (Å²) in [5, 5.41) is 11.0. The van der Waals surface area contributed by atoms with E-state index in [0.29, 0.717) is 12.3 Å². The van der Waals surface area contributed by atoms with Gasteiger partial charge in [0.25, 0.3) is 5.24 Å². The Morgan fingerprint density at radius 3 is 2.76 bits per heavy atom. The maximum Gasteiger partial charge on any atom is 0.335 e. The van der Waals surface area contributed by atoms with Gasteiger partial charge < -0.3 is 15.3 Å². The molecule has 2 amide bonds. The summed E-state index contributed by atoms with van der Waals surface area (Å²) in [6, 6.07) is 3.26. The number of nitrogens with zero attached hydrogens (tertiary/aromatic N) is 1. The number of hydrogen-bond donors (Lipinski definition) is 2. The average molecular weight is 312 g/mol. The number of anilines is 1. The van der Waals surface area contributed by atoms with E-state index in [1.165, 1.54) is 23.9 Å². The fraction of sp³-hybridized carbons (Fsp3) is 0.308. The highest BCUT2D eigenvalue weighted by molar-refractivity contribution is 8.13. The first kappa shape index (κ1) is 15.3. The fourth-order valence-electron chi connectivity index (χ4n) is 1.83. The number of carbonyl (C=O) groups is 3. The summed E-state index contributed by atoms with van der Waals surface area (Å²) in [4.78, 5) is 35.3. The lowest BCUT2D eigenvalue weighted by Gasteiger charge is -2.14. The predicted octanol–water partition coefficient (Wildman–Crippen LogP) is 2.02. The van der Waals surface area contributed by atoms with Crippen LogP contribution in [0.2, 0.25) is 0 Å². The molecule has 0 bridgehead atoms. The summed E-state index contributed by atoms with van der Waals surface area (Å²) in [6.45, 7) is 0.894. The van der Waals surface area contributed by atoms with Gasteiger partial charge in [-0.15, -0.1) is 0 Å². The molecule has 21 heavy (non-hydrogen) atoms. The van der Waals surface area contributed by atoms with Crippen LogP contribution in [0, 0.1) is 5.82 Å². The summed E-state index contributed by atoms with van der Waals surface area (Å²) in [5.41, 5.74) is -0.266. The van der Waals surface area contributed by atoms with Gasteiger partial charge in [-0.05, 0) is 18.2 Å². The molecule has 112 valence electrons. The van der Waals surface area contributed by atoms with Crippen LogP contribution in [-0.4, -0.2) is 46.0 Å². The maximum absolute atomic E-state index is 13.6. The molecule has 2 N–H and O–H groups in total. The summed E-state index contributed by atoms with van der Waals surface area (Å²) >= 11 is 1.21. The van der Waals surface area contributed by atoms with E-state index in [4.69, 9.17) is 5.11 Å². The third-order valence-electron chi connectivity index (χ3n) is 2.94. The number of thioether (sulfide) groups is 1. The van der Waals surface area contributed by atoms with Crippen molar-refractivity contribution in [3.8, 4) is 0 Å². The highest BCUT2D eigenvalue weighted by Crippen LogP contribution is 2.18. The van der Waals surface area contributed by atoms with E-state index >= 15 is 0 Å². The quantitative estimate of drug-likeness (QED) is 0.868. The number of nitrogens with one attached hydrogen (secondary N) is 1. The molecular weight excluding hydrogens is 299 g/mol. The summed E-state index contributed by atoms with van der Waals surface area (Å²) in [5.74, 6) is -1.76. The van der Waals surface area contributed by atoms with E-state index in [2.05, 4.69) is 5.32 Å². The van der Waals surface area contributed by atoms with Gasteiger partial charge in [-0.3, -0.25) is 9.59 Å². The third-order valence-corrected chi connectivity index (χ3v) is 3.84. The predicted molar refractivity (Wildman–Crippen MR) is 76.0 cm³/mol. The van der Waals surface area contributed by atoms with Crippen LogP contribution < -0.4 is 5.32 Å². The van der Waals surface area contributed by atoms with Gasteiger partial charge in [0.1, 0.15) is 5.82 Å². The highest BCUT2D eigenvalue weighted by atomic mass is 32.2. The van der Waals surface area contributed by atoms with Crippen molar-refractivity contribution in [1.82, 2.24) is 4.90 Å². The van der Waals surface area contributed by atoms with Gasteiger partial charge in [0.2, 0.25) is 5.91 Å². The Bertz CT molecular complexity index is 594. The second-order valence-corrected chi connectivity index (χ2v) is 5.45. The van der Waals surface area contributed by atoms with Crippen LogP contribution in [0.15, 0.2) is 18.2 Å². The molecule has 0 atom stereocenters. The molecule has 1 heterocycles. The first-order valence-corrected chi connectivity index (χ1v) is 7.20.